The SMILES string of the molecule is CNCC(=O)N[C@H](C)[C@H]1C(=O)N2C(C(=O)O)=C(S[C@@H]3CN[C@H](Cn4cc(CN)nn4)C3)[C@H](C)[C@H]12. The topological polar surface area (TPSA) is 168 Å². The Morgan fingerprint density at radius 2 is 2.21 bits per heavy atom. The lowest BCUT2D eigenvalue weighted by atomic mass is 9.78. The molecule has 0 radical (unpaired) electrons. The molecule has 3 aliphatic rings. The average molecular weight is 493 g/mol. The second kappa shape index (κ2) is 10.0. The van der Waals surface area contributed by atoms with Crippen LogP contribution in [0.3, 0.4) is 0 Å². The summed E-state index contributed by atoms with van der Waals surface area (Å²) in [5, 5.41) is 27.4. The number of rotatable bonds is 10. The molecule has 0 saturated carbocycles. The molecule has 0 aromatic carbocycles. The molecule has 0 unspecified atom stereocenters. The molecule has 6 atom stereocenters. The summed E-state index contributed by atoms with van der Waals surface area (Å²) >= 11 is 1.55. The lowest BCUT2D eigenvalue weighted by Gasteiger charge is -2.47. The summed E-state index contributed by atoms with van der Waals surface area (Å²) in [6.45, 7) is 5.67. The van der Waals surface area contributed by atoms with E-state index in [0.717, 1.165) is 23.6 Å². The fraction of sp³-hybridized carbons (Fsp3) is 0.667. The molecule has 12 nitrogen and oxygen atoms in total. The average Bonchev–Trinajstić information content (AvgIpc) is 3.47. The number of nitrogens with zero attached hydrogens (tertiary/aromatic N) is 4. The fourth-order valence-corrected chi connectivity index (χ4v) is 6.71. The van der Waals surface area contributed by atoms with Gasteiger partial charge in [-0.1, -0.05) is 12.1 Å². The van der Waals surface area contributed by atoms with Gasteiger partial charge in [0.25, 0.3) is 0 Å². The molecule has 186 valence electrons. The summed E-state index contributed by atoms with van der Waals surface area (Å²) in [5.41, 5.74) is 6.42. The summed E-state index contributed by atoms with van der Waals surface area (Å²) in [7, 11) is 1.68. The van der Waals surface area contributed by atoms with E-state index in [1.807, 2.05) is 13.1 Å². The van der Waals surface area contributed by atoms with Gasteiger partial charge in [0.15, 0.2) is 0 Å². The lowest BCUT2D eigenvalue weighted by molar-refractivity contribution is -0.158. The molecule has 2 saturated heterocycles. The Hall–Kier alpha value is -2.48. The highest BCUT2D eigenvalue weighted by atomic mass is 32.2. The summed E-state index contributed by atoms with van der Waals surface area (Å²) in [6, 6.07) is -0.458. The number of thioether (sulfide) groups is 1. The standard InChI is InChI=1S/C21H32N8O4S/c1-10-17-16(11(2)25-15(30)7-23-3)20(31)29(17)18(21(32)33)19(10)34-14-4-12(24-6-14)8-28-9-13(5-22)26-27-28/h9-12,14,16-17,23-24H,4-8,22H2,1-3H3,(H,25,30)(H,32,33)/t10-,11-,12+,14+,16-,17-/m1/s1. The monoisotopic (exact) mass is 492 g/mol. The van der Waals surface area contributed by atoms with E-state index in [2.05, 4.69) is 26.3 Å². The second-order valence-electron chi connectivity index (χ2n) is 9.13. The van der Waals surface area contributed by atoms with E-state index >= 15 is 0 Å². The van der Waals surface area contributed by atoms with E-state index < -0.39 is 11.9 Å². The molecule has 1 aromatic rings. The molecule has 4 rings (SSSR count). The smallest absolute Gasteiger partial charge is 0.353 e. The van der Waals surface area contributed by atoms with Crippen molar-refractivity contribution >= 4 is 29.5 Å². The zero-order valence-corrected chi connectivity index (χ0v) is 20.3. The molecule has 0 bridgehead atoms. The number of nitrogens with one attached hydrogen (secondary N) is 3. The molecule has 2 fully saturated rings. The maximum atomic E-state index is 13.0. The van der Waals surface area contributed by atoms with Gasteiger partial charge in [0, 0.05) is 47.4 Å². The van der Waals surface area contributed by atoms with Crippen LogP contribution in [0, 0.1) is 11.8 Å². The summed E-state index contributed by atoms with van der Waals surface area (Å²) < 4.78 is 1.77. The third-order valence-electron chi connectivity index (χ3n) is 6.73. The molecule has 2 amide bonds. The van der Waals surface area contributed by atoms with Crippen molar-refractivity contribution in [2.75, 3.05) is 20.1 Å². The number of carbonyl (C=O) groups excluding carboxylic acids is 2. The number of β-lactam (4-membered cyclic amide) rings is 1. The highest BCUT2D eigenvalue weighted by molar-refractivity contribution is 8.03. The first-order valence-corrected chi connectivity index (χ1v) is 12.4. The van der Waals surface area contributed by atoms with Gasteiger partial charge >= 0.3 is 5.97 Å². The van der Waals surface area contributed by atoms with Crippen LogP contribution >= 0.6 is 11.8 Å². The Bertz CT molecular complexity index is 997. The van der Waals surface area contributed by atoms with Crippen LogP contribution in [0.15, 0.2) is 16.8 Å². The van der Waals surface area contributed by atoms with Crippen LogP contribution in [0.2, 0.25) is 0 Å². The normalized spacial score (nSPS) is 29.2. The zero-order chi connectivity index (χ0) is 24.6. The fourth-order valence-electron chi connectivity index (χ4n) is 5.19. The maximum absolute atomic E-state index is 13.0. The Balaban J connectivity index is 1.42. The number of aromatic nitrogens is 3. The van der Waals surface area contributed by atoms with Gasteiger partial charge in [-0.15, -0.1) is 16.9 Å². The molecular formula is C21H32N8O4S. The molecule has 34 heavy (non-hydrogen) atoms. The van der Waals surface area contributed by atoms with Crippen molar-refractivity contribution in [2.45, 2.75) is 56.7 Å². The molecule has 0 aliphatic carbocycles. The Labute approximate surface area is 202 Å². The molecule has 4 heterocycles. The largest absolute Gasteiger partial charge is 0.477 e. The highest BCUT2D eigenvalue weighted by Gasteiger charge is 2.60. The molecule has 0 spiro atoms. The van der Waals surface area contributed by atoms with Gasteiger partial charge in [-0.05, 0) is 20.4 Å². The minimum atomic E-state index is -1.09. The number of hydrogen-bond acceptors (Lipinski definition) is 9. The van der Waals surface area contributed by atoms with Crippen LogP contribution in [-0.4, -0.2) is 86.3 Å². The number of carbonyl (C=O) groups is 3. The Morgan fingerprint density at radius 3 is 2.85 bits per heavy atom. The quantitative estimate of drug-likeness (QED) is 0.248. The number of nitrogens with two attached hydrogens (primary N) is 1. The number of carboxylic acid groups (broad SMARTS) is 1. The van der Waals surface area contributed by atoms with Crippen LogP contribution in [-0.2, 0) is 27.5 Å². The number of amides is 2. The molecule has 6 N–H and O–H groups in total. The van der Waals surface area contributed by atoms with Crippen molar-refractivity contribution in [1.82, 2.24) is 35.8 Å². The third kappa shape index (κ3) is 4.57. The van der Waals surface area contributed by atoms with Crippen LogP contribution in [0.5, 0.6) is 0 Å². The molecular weight excluding hydrogens is 460 g/mol. The highest BCUT2D eigenvalue weighted by Crippen LogP contribution is 2.51. The van der Waals surface area contributed by atoms with Crippen molar-refractivity contribution in [1.29, 1.82) is 0 Å². The van der Waals surface area contributed by atoms with Gasteiger partial charge in [-0.3, -0.25) is 14.3 Å². The van der Waals surface area contributed by atoms with Gasteiger partial charge in [-0.25, -0.2) is 4.79 Å². The first kappa shape index (κ1) is 24.6. The van der Waals surface area contributed by atoms with Gasteiger partial charge in [-0.2, -0.15) is 0 Å². The predicted molar refractivity (Wildman–Crippen MR) is 125 cm³/mol. The number of hydrogen-bond donors (Lipinski definition) is 5. The van der Waals surface area contributed by atoms with E-state index in [1.165, 1.54) is 4.90 Å². The van der Waals surface area contributed by atoms with Crippen LogP contribution in [0.4, 0.5) is 0 Å². The minimum absolute atomic E-state index is 0.0878. The first-order chi connectivity index (χ1) is 16.2. The van der Waals surface area contributed by atoms with E-state index in [9.17, 15) is 19.5 Å². The van der Waals surface area contributed by atoms with Gasteiger partial charge in [0.05, 0.1) is 30.7 Å². The lowest BCUT2D eigenvalue weighted by Crippen LogP contribution is -2.66. The number of likely N-dealkylation sites (N-methyl/N-ethyl adjacent to an activating group) is 1. The summed E-state index contributed by atoms with van der Waals surface area (Å²) in [5.74, 6) is -2.09. The van der Waals surface area contributed by atoms with E-state index in [-0.39, 0.29) is 53.3 Å². The van der Waals surface area contributed by atoms with Crippen LogP contribution < -0.4 is 21.7 Å². The number of carboxylic acids is 1. The van der Waals surface area contributed by atoms with Crippen molar-refractivity contribution in [3.63, 3.8) is 0 Å². The zero-order valence-electron chi connectivity index (χ0n) is 19.5. The van der Waals surface area contributed by atoms with Crippen LogP contribution in [0.1, 0.15) is 26.0 Å². The second-order valence-corrected chi connectivity index (χ2v) is 10.5. The third-order valence-corrected chi connectivity index (χ3v) is 8.25. The first-order valence-electron chi connectivity index (χ1n) is 11.5. The van der Waals surface area contributed by atoms with E-state index in [4.69, 9.17) is 5.73 Å². The number of aliphatic carboxylic acids is 1. The van der Waals surface area contributed by atoms with Crippen LogP contribution in [0.25, 0.3) is 0 Å². The van der Waals surface area contributed by atoms with E-state index in [0.29, 0.717) is 13.1 Å². The minimum Gasteiger partial charge on any atom is -0.477 e. The van der Waals surface area contributed by atoms with Gasteiger partial charge < -0.3 is 31.7 Å². The van der Waals surface area contributed by atoms with Crippen molar-refractivity contribution < 1.29 is 19.5 Å². The summed E-state index contributed by atoms with van der Waals surface area (Å²) in [6.07, 6.45) is 2.67. The van der Waals surface area contributed by atoms with Crippen molar-refractivity contribution in [3.05, 3.63) is 22.5 Å². The van der Waals surface area contributed by atoms with Crippen molar-refractivity contribution in [3.8, 4) is 0 Å². The Kier molecular flexibility index (Phi) is 7.26. The van der Waals surface area contributed by atoms with Gasteiger partial charge in [0.2, 0.25) is 11.8 Å². The molecule has 1 aromatic heterocycles. The summed E-state index contributed by atoms with van der Waals surface area (Å²) in [4.78, 5) is 39.3. The number of fused-ring (bicyclic) bond motifs is 1. The van der Waals surface area contributed by atoms with Gasteiger partial charge in [0.1, 0.15) is 5.70 Å². The maximum Gasteiger partial charge on any atom is 0.353 e. The molecule has 13 heteroatoms. The van der Waals surface area contributed by atoms with Crippen molar-refractivity contribution in [2.24, 2.45) is 17.6 Å². The Morgan fingerprint density at radius 1 is 1.44 bits per heavy atom. The predicted octanol–water partition coefficient (Wildman–Crippen LogP) is -1.30. The van der Waals surface area contributed by atoms with E-state index in [1.54, 1.807) is 30.4 Å². The molecule has 3 aliphatic heterocycles.